The van der Waals surface area contributed by atoms with Gasteiger partial charge in [0.05, 0.1) is 0 Å². The van der Waals surface area contributed by atoms with Gasteiger partial charge in [0, 0.05) is 6.04 Å². The van der Waals surface area contributed by atoms with Crippen LogP contribution in [0.5, 0.6) is 0 Å². The van der Waals surface area contributed by atoms with Crippen molar-refractivity contribution in [1.29, 1.82) is 0 Å². The van der Waals surface area contributed by atoms with Crippen LogP contribution in [-0.2, 0) is 6.42 Å². The number of benzene rings is 1. The topological polar surface area (TPSA) is 12.0 Å². The zero-order valence-electron chi connectivity index (χ0n) is 14.0. The lowest BCUT2D eigenvalue weighted by molar-refractivity contribution is 0.299. The minimum Gasteiger partial charge on any atom is -0.313 e. The second kappa shape index (κ2) is 9.25. The monoisotopic (exact) mass is 287 g/mol. The maximum absolute atomic E-state index is 3.60. The van der Waals surface area contributed by atoms with Crippen molar-refractivity contribution in [3.8, 4) is 0 Å². The number of hydrogen-bond acceptors (Lipinski definition) is 1. The quantitative estimate of drug-likeness (QED) is 0.713. The van der Waals surface area contributed by atoms with Crippen LogP contribution in [0.1, 0.15) is 81.9 Å². The number of aryl methyl sites for hydroxylation is 1. The van der Waals surface area contributed by atoms with E-state index < -0.39 is 0 Å². The Balaban J connectivity index is 2.01. The molecule has 1 N–H and O–H groups in total. The highest BCUT2D eigenvalue weighted by molar-refractivity contribution is 5.25. The fourth-order valence-electron chi connectivity index (χ4n) is 3.77. The molecule has 1 atom stereocenters. The molecule has 1 saturated carbocycles. The fraction of sp³-hybridized carbons (Fsp3) is 0.700. The van der Waals surface area contributed by atoms with E-state index in [0.29, 0.717) is 6.04 Å². The van der Waals surface area contributed by atoms with Crippen molar-refractivity contribution in [2.45, 2.75) is 77.2 Å². The molecular formula is C20H33N. The molecule has 1 nitrogen and oxygen atoms in total. The smallest absolute Gasteiger partial charge is 0.0346 e. The summed E-state index contributed by atoms with van der Waals surface area (Å²) in [6.45, 7) is 2.26. The summed E-state index contributed by atoms with van der Waals surface area (Å²) in [6, 6.07) is 9.97. The van der Waals surface area contributed by atoms with Gasteiger partial charge in [-0.05, 0) is 49.8 Å². The first-order valence-corrected chi connectivity index (χ1v) is 9.11. The van der Waals surface area contributed by atoms with E-state index in [1.807, 2.05) is 0 Å². The summed E-state index contributed by atoms with van der Waals surface area (Å²) in [4.78, 5) is 0. The van der Waals surface area contributed by atoms with Crippen LogP contribution in [0.25, 0.3) is 0 Å². The Labute approximate surface area is 131 Å². The van der Waals surface area contributed by atoms with Crippen molar-refractivity contribution in [3.05, 3.63) is 35.4 Å². The maximum Gasteiger partial charge on any atom is 0.0346 e. The van der Waals surface area contributed by atoms with Crippen molar-refractivity contribution in [2.75, 3.05) is 7.05 Å². The van der Waals surface area contributed by atoms with Crippen molar-refractivity contribution in [3.63, 3.8) is 0 Å². The molecule has 1 unspecified atom stereocenters. The van der Waals surface area contributed by atoms with Gasteiger partial charge in [0.1, 0.15) is 0 Å². The highest BCUT2D eigenvalue weighted by Crippen LogP contribution is 2.32. The molecule has 1 fully saturated rings. The Kier molecular flexibility index (Phi) is 7.29. The summed E-state index contributed by atoms with van der Waals surface area (Å²) >= 11 is 0. The van der Waals surface area contributed by atoms with Crippen LogP contribution < -0.4 is 5.32 Å². The number of rotatable bonds is 6. The zero-order valence-corrected chi connectivity index (χ0v) is 14.0. The Morgan fingerprint density at radius 1 is 1.00 bits per heavy atom. The lowest BCUT2D eigenvalue weighted by Crippen LogP contribution is -2.26. The number of unbranched alkanes of at least 4 members (excludes halogenated alkanes) is 1. The second-order valence-electron chi connectivity index (χ2n) is 6.72. The minimum absolute atomic E-state index is 0.545. The maximum atomic E-state index is 3.60. The lowest BCUT2D eigenvalue weighted by Gasteiger charge is -2.29. The van der Waals surface area contributed by atoms with Crippen LogP contribution in [0.15, 0.2) is 24.3 Å². The molecule has 0 aromatic heterocycles. The van der Waals surface area contributed by atoms with Crippen LogP contribution >= 0.6 is 0 Å². The molecule has 0 saturated heterocycles. The first-order valence-electron chi connectivity index (χ1n) is 9.11. The van der Waals surface area contributed by atoms with E-state index in [9.17, 15) is 0 Å². The summed E-state index contributed by atoms with van der Waals surface area (Å²) in [5, 5.41) is 3.60. The van der Waals surface area contributed by atoms with Crippen LogP contribution in [0.3, 0.4) is 0 Å². The van der Waals surface area contributed by atoms with Crippen LogP contribution in [0.2, 0.25) is 0 Å². The van der Waals surface area contributed by atoms with E-state index in [-0.39, 0.29) is 0 Å². The van der Waals surface area contributed by atoms with Crippen molar-refractivity contribution >= 4 is 0 Å². The molecule has 1 aliphatic carbocycles. The third-order valence-electron chi connectivity index (χ3n) is 5.09. The molecule has 0 amide bonds. The molecular weight excluding hydrogens is 254 g/mol. The molecule has 0 spiro atoms. The van der Waals surface area contributed by atoms with E-state index >= 15 is 0 Å². The van der Waals surface area contributed by atoms with E-state index in [2.05, 4.69) is 43.6 Å². The predicted octanol–water partition coefficient (Wildman–Crippen LogP) is 5.65. The van der Waals surface area contributed by atoms with Gasteiger partial charge in [-0.25, -0.2) is 0 Å². The van der Waals surface area contributed by atoms with E-state index in [1.165, 1.54) is 75.3 Å². The first-order chi connectivity index (χ1) is 10.3. The van der Waals surface area contributed by atoms with Gasteiger partial charge in [0.2, 0.25) is 0 Å². The normalized spacial score (nSPS) is 19.0. The first kappa shape index (κ1) is 16.5. The Hall–Kier alpha value is -0.820. The highest BCUT2D eigenvalue weighted by Gasteiger charge is 2.22. The number of hydrogen-bond donors (Lipinski definition) is 1. The van der Waals surface area contributed by atoms with Gasteiger partial charge in [0.25, 0.3) is 0 Å². The zero-order chi connectivity index (χ0) is 14.9. The molecule has 2 rings (SSSR count). The average molecular weight is 287 g/mol. The Morgan fingerprint density at radius 2 is 1.62 bits per heavy atom. The molecule has 1 aromatic carbocycles. The molecule has 1 aliphatic rings. The van der Waals surface area contributed by atoms with Gasteiger partial charge in [-0.1, -0.05) is 69.7 Å². The van der Waals surface area contributed by atoms with Gasteiger partial charge in [-0.2, -0.15) is 0 Å². The standard InChI is InChI=1S/C20H33N/c1-3-4-10-17-13-15-19(16-14-17)20(21-2)18-11-8-6-5-7-9-12-18/h13-16,18,20-21H,3-12H2,1-2H3. The summed E-state index contributed by atoms with van der Waals surface area (Å²) in [7, 11) is 2.13. The molecule has 1 heteroatoms. The highest BCUT2D eigenvalue weighted by atomic mass is 14.9. The number of nitrogens with one attached hydrogen (secondary N) is 1. The third kappa shape index (κ3) is 5.14. The van der Waals surface area contributed by atoms with Gasteiger partial charge in [0.15, 0.2) is 0 Å². The molecule has 0 bridgehead atoms. The molecule has 0 radical (unpaired) electrons. The van der Waals surface area contributed by atoms with Crippen molar-refractivity contribution < 1.29 is 0 Å². The summed E-state index contributed by atoms with van der Waals surface area (Å²) in [5.74, 6) is 0.816. The molecule has 21 heavy (non-hydrogen) atoms. The largest absolute Gasteiger partial charge is 0.313 e. The fourth-order valence-corrected chi connectivity index (χ4v) is 3.77. The summed E-state index contributed by atoms with van der Waals surface area (Å²) in [5.41, 5.74) is 2.98. The molecule has 118 valence electrons. The minimum atomic E-state index is 0.545. The molecule has 0 aliphatic heterocycles. The van der Waals surface area contributed by atoms with Crippen LogP contribution in [0, 0.1) is 5.92 Å². The SMILES string of the molecule is CCCCc1ccc(C(NC)C2CCCCCCC2)cc1. The van der Waals surface area contributed by atoms with Gasteiger partial charge < -0.3 is 5.32 Å². The van der Waals surface area contributed by atoms with Gasteiger partial charge >= 0.3 is 0 Å². The van der Waals surface area contributed by atoms with E-state index in [0.717, 1.165) is 5.92 Å². The van der Waals surface area contributed by atoms with Crippen molar-refractivity contribution in [2.24, 2.45) is 5.92 Å². The third-order valence-corrected chi connectivity index (χ3v) is 5.09. The lowest BCUT2D eigenvalue weighted by atomic mass is 9.82. The Bertz CT molecular complexity index is 373. The Morgan fingerprint density at radius 3 is 2.19 bits per heavy atom. The van der Waals surface area contributed by atoms with Gasteiger partial charge in [-0.15, -0.1) is 0 Å². The molecule has 1 aromatic rings. The van der Waals surface area contributed by atoms with E-state index in [4.69, 9.17) is 0 Å². The van der Waals surface area contributed by atoms with Gasteiger partial charge in [-0.3, -0.25) is 0 Å². The van der Waals surface area contributed by atoms with Crippen LogP contribution in [0.4, 0.5) is 0 Å². The predicted molar refractivity (Wildman–Crippen MR) is 92.7 cm³/mol. The van der Waals surface area contributed by atoms with Crippen LogP contribution in [-0.4, -0.2) is 7.05 Å². The second-order valence-corrected chi connectivity index (χ2v) is 6.72. The summed E-state index contributed by atoms with van der Waals surface area (Å²) in [6.07, 6.45) is 13.7. The average Bonchev–Trinajstić information content (AvgIpc) is 2.49. The van der Waals surface area contributed by atoms with Crippen molar-refractivity contribution in [1.82, 2.24) is 5.32 Å². The molecule has 0 heterocycles. The summed E-state index contributed by atoms with van der Waals surface area (Å²) < 4.78 is 0. The van der Waals surface area contributed by atoms with E-state index in [1.54, 1.807) is 0 Å².